The summed E-state index contributed by atoms with van der Waals surface area (Å²) in [5, 5.41) is 11.1. The molecule has 23 heavy (non-hydrogen) atoms. The summed E-state index contributed by atoms with van der Waals surface area (Å²) in [6.45, 7) is 8.64. The SMILES string of the molecule is Cc1ccccc1C1(O)CCN([C@H]2CCN(C(C)C)C2=O)CC1. The van der Waals surface area contributed by atoms with Crippen LogP contribution in [0.1, 0.15) is 44.2 Å². The van der Waals surface area contributed by atoms with Crippen LogP contribution in [0.3, 0.4) is 0 Å². The zero-order chi connectivity index (χ0) is 16.6. The number of carbonyl (C=O) groups is 1. The fourth-order valence-corrected chi connectivity index (χ4v) is 4.11. The lowest BCUT2D eigenvalue weighted by molar-refractivity contribution is -0.135. The summed E-state index contributed by atoms with van der Waals surface area (Å²) in [5.74, 6) is 0.265. The monoisotopic (exact) mass is 316 g/mol. The number of nitrogens with zero attached hydrogens (tertiary/aromatic N) is 2. The van der Waals surface area contributed by atoms with E-state index in [-0.39, 0.29) is 18.0 Å². The highest BCUT2D eigenvalue weighted by molar-refractivity contribution is 5.84. The molecule has 0 unspecified atom stereocenters. The first-order valence-corrected chi connectivity index (χ1v) is 8.75. The van der Waals surface area contributed by atoms with Gasteiger partial charge >= 0.3 is 0 Å². The van der Waals surface area contributed by atoms with Gasteiger partial charge in [0.25, 0.3) is 0 Å². The second kappa shape index (κ2) is 6.25. The molecule has 1 amide bonds. The van der Waals surface area contributed by atoms with E-state index in [4.69, 9.17) is 0 Å². The quantitative estimate of drug-likeness (QED) is 0.930. The van der Waals surface area contributed by atoms with Crippen LogP contribution in [0, 0.1) is 6.92 Å². The van der Waals surface area contributed by atoms with Crippen LogP contribution in [-0.2, 0) is 10.4 Å². The van der Waals surface area contributed by atoms with Crippen LogP contribution >= 0.6 is 0 Å². The highest BCUT2D eigenvalue weighted by Gasteiger charge is 2.42. The number of hydrogen-bond acceptors (Lipinski definition) is 3. The molecule has 2 aliphatic heterocycles. The Hall–Kier alpha value is -1.39. The minimum atomic E-state index is -0.749. The Morgan fingerprint density at radius 3 is 2.39 bits per heavy atom. The van der Waals surface area contributed by atoms with Gasteiger partial charge in [-0.1, -0.05) is 24.3 Å². The smallest absolute Gasteiger partial charge is 0.240 e. The molecule has 126 valence electrons. The van der Waals surface area contributed by atoms with Crippen molar-refractivity contribution in [3.8, 4) is 0 Å². The molecule has 1 aromatic carbocycles. The van der Waals surface area contributed by atoms with E-state index in [1.54, 1.807) is 0 Å². The Bertz CT molecular complexity index is 576. The van der Waals surface area contributed by atoms with Crippen molar-refractivity contribution in [3.05, 3.63) is 35.4 Å². The Kier molecular flexibility index (Phi) is 4.47. The number of benzene rings is 1. The van der Waals surface area contributed by atoms with E-state index >= 15 is 0 Å². The van der Waals surface area contributed by atoms with Crippen molar-refractivity contribution in [2.45, 2.75) is 57.7 Å². The fraction of sp³-hybridized carbons (Fsp3) is 0.632. The first kappa shape index (κ1) is 16.5. The largest absolute Gasteiger partial charge is 0.385 e. The van der Waals surface area contributed by atoms with Gasteiger partial charge in [-0.05, 0) is 51.2 Å². The van der Waals surface area contributed by atoms with E-state index in [0.29, 0.717) is 12.8 Å². The van der Waals surface area contributed by atoms with Crippen molar-refractivity contribution in [2.75, 3.05) is 19.6 Å². The van der Waals surface area contributed by atoms with E-state index in [1.807, 2.05) is 23.1 Å². The Labute approximate surface area is 139 Å². The number of likely N-dealkylation sites (tertiary alicyclic amines) is 2. The number of aliphatic hydroxyl groups is 1. The normalized spacial score (nSPS) is 25.3. The lowest BCUT2D eigenvalue weighted by Crippen LogP contribution is -2.50. The number of hydrogen-bond donors (Lipinski definition) is 1. The van der Waals surface area contributed by atoms with Gasteiger partial charge in [-0.2, -0.15) is 0 Å². The molecule has 4 nitrogen and oxygen atoms in total. The first-order chi connectivity index (χ1) is 10.9. The number of rotatable bonds is 3. The minimum Gasteiger partial charge on any atom is -0.385 e. The lowest BCUT2D eigenvalue weighted by atomic mass is 9.82. The molecule has 2 aliphatic rings. The van der Waals surface area contributed by atoms with Crippen LogP contribution in [0.25, 0.3) is 0 Å². The molecule has 0 saturated carbocycles. The van der Waals surface area contributed by atoms with Crippen molar-refractivity contribution in [2.24, 2.45) is 0 Å². The summed E-state index contributed by atoms with van der Waals surface area (Å²) in [7, 11) is 0. The first-order valence-electron chi connectivity index (χ1n) is 8.75. The van der Waals surface area contributed by atoms with Crippen molar-refractivity contribution in [1.29, 1.82) is 0 Å². The van der Waals surface area contributed by atoms with Crippen molar-refractivity contribution in [1.82, 2.24) is 9.80 Å². The zero-order valence-corrected chi connectivity index (χ0v) is 14.5. The lowest BCUT2D eigenvalue weighted by Gasteiger charge is -2.41. The molecule has 0 radical (unpaired) electrons. The van der Waals surface area contributed by atoms with E-state index < -0.39 is 5.60 Å². The average molecular weight is 316 g/mol. The summed E-state index contributed by atoms with van der Waals surface area (Å²) >= 11 is 0. The van der Waals surface area contributed by atoms with Gasteiger partial charge in [-0.25, -0.2) is 0 Å². The Morgan fingerprint density at radius 2 is 1.83 bits per heavy atom. The van der Waals surface area contributed by atoms with Crippen LogP contribution in [0.4, 0.5) is 0 Å². The summed E-state index contributed by atoms with van der Waals surface area (Å²) in [6, 6.07) is 8.38. The van der Waals surface area contributed by atoms with Crippen molar-refractivity contribution in [3.63, 3.8) is 0 Å². The molecule has 0 bridgehead atoms. The van der Waals surface area contributed by atoms with Crippen LogP contribution in [0.5, 0.6) is 0 Å². The zero-order valence-electron chi connectivity index (χ0n) is 14.5. The molecular formula is C19H28N2O2. The maximum absolute atomic E-state index is 12.6. The van der Waals surface area contributed by atoms with Gasteiger partial charge in [0.1, 0.15) is 0 Å². The highest BCUT2D eigenvalue weighted by Crippen LogP contribution is 2.36. The van der Waals surface area contributed by atoms with E-state index in [9.17, 15) is 9.90 Å². The highest BCUT2D eigenvalue weighted by atomic mass is 16.3. The van der Waals surface area contributed by atoms with Crippen LogP contribution in [-0.4, -0.2) is 52.5 Å². The van der Waals surface area contributed by atoms with Gasteiger partial charge in [0.05, 0.1) is 11.6 Å². The van der Waals surface area contributed by atoms with Gasteiger partial charge in [-0.15, -0.1) is 0 Å². The number of amides is 1. The molecule has 1 aromatic rings. The predicted molar refractivity (Wildman–Crippen MR) is 91.1 cm³/mol. The molecular weight excluding hydrogens is 288 g/mol. The molecule has 2 saturated heterocycles. The standard InChI is InChI=1S/C19H28N2O2/c1-14(2)21-11-8-17(18(21)22)20-12-9-19(23,10-13-20)16-7-5-4-6-15(16)3/h4-7,14,17,23H,8-13H2,1-3H3/t17-/m0/s1. The van der Waals surface area contributed by atoms with Crippen molar-refractivity contribution >= 4 is 5.91 Å². The third kappa shape index (κ3) is 3.02. The van der Waals surface area contributed by atoms with Crippen LogP contribution < -0.4 is 0 Å². The van der Waals surface area contributed by atoms with Crippen LogP contribution in [0.2, 0.25) is 0 Å². The van der Waals surface area contributed by atoms with Gasteiger partial charge in [0.2, 0.25) is 5.91 Å². The third-order valence-electron chi connectivity index (χ3n) is 5.55. The number of piperidine rings is 1. The average Bonchev–Trinajstić information content (AvgIpc) is 2.90. The van der Waals surface area contributed by atoms with E-state index in [1.165, 1.54) is 0 Å². The molecule has 1 N–H and O–H groups in total. The summed E-state index contributed by atoms with van der Waals surface area (Å²) < 4.78 is 0. The molecule has 4 heteroatoms. The molecule has 2 fully saturated rings. The third-order valence-corrected chi connectivity index (χ3v) is 5.55. The molecule has 0 aromatic heterocycles. The second-order valence-electron chi connectivity index (χ2n) is 7.31. The number of aryl methyl sites for hydroxylation is 1. The summed E-state index contributed by atoms with van der Waals surface area (Å²) in [5.41, 5.74) is 1.44. The molecule has 1 atom stereocenters. The second-order valence-corrected chi connectivity index (χ2v) is 7.31. The van der Waals surface area contributed by atoms with E-state index in [2.05, 4.69) is 31.7 Å². The van der Waals surface area contributed by atoms with Gasteiger partial charge in [0.15, 0.2) is 0 Å². The molecule has 3 rings (SSSR count). The summed E-state index contributed by atoms with van der Waals surface area (Å²) in [4.78, 5) is 16.8. The summed E-state index contributed by atoms with van der Waals surface area (Å²) in [6.07, 6.45) is 2.31. The van der Waals surface area contributed by atoms with Gasteiger partial charge < -0.3 is 10.0 Å². The van der Waals surface area contributed by atoms with Crippen LogP contribution in [0.15, 0.2) is 24.3 Å². The number of carbonyl (C=O) groups excluding carboxylic acids is 1. The van der Waals surface area contributed by atoms with Crippen molar-refractivity contribution < 1.29 is 9.90 Å². The molecule has 2 heterocycles. The predicted octanol–water partition coefficient (Wildman–Crippen LogP) is 2.29. The van der Waals surface area contributed by atoms with Gasteiger partial charge in [0, 0.05) is 25.7 Å². The van der Waals surface area contributed by atoms with E-state index in [0.717, 1.165) is 37.2 Å². The Morgan fingerprint density at radius 1 is 1.17 bits per heavy atom. The maximum atomic E-state index is 12.6. The van der Waals surface area contributed by atoms with Gasteiger partial charge in [-0.3, -0.25) is 9.69 Å². The molecule has 0 spiro atoms. The topological polar surface area (TPSA) is 43.8 Å². The fourth-order valence-electron chi connectivity index (χ4n) is 4.11. The Balaban J connectivity index is 1.67. The minimum absolute atomic E-state index is 0.0128. The maximum Gasteiger partial charge on any atom is 0.240 e. The molecule has 0 aliphatic carbocycles.